The number of hydrogen-bond donors (Lipinski definition) is 1. The Labute approximate surface area is 188 Å². The van der Waals surface area contributed by atoms with Gasteiger partial charge in [-0.15, -0.1) is 0 Å². The molecule has 0 aliphatic carbocycles. The van der Waals surface area contributed by atoms with Gasteiger partial charge in [0, 0.05) is 36.2 Å². The van der Waals surface area contributed by atoms with E-state index < -0.39 is 0 Å². The average Bonchev–Trinajstić information content (AvgIpc) is 2.83. The minimum atomic E-state index is -0.337. The van der Waals surface area contributed by atoms with E-state index in [1.807, 2.05) is 0 Å². The Morgan fingerprint density at radius 3 is 2.47 bits per heavy atom. The standard InChI is InChI=1S/C25H29FN2O4/c1-31-22-8-9-23(32-2)20(17-22)5-10-24(29)27-13-16-28-14-11-19(12-15-28)25(30)18-3-6-21(26)7-4-18/h3-10,17,19H,11-16H2,1-2H3,(H,27,29)/b10-5+. The first kappa shape index (κ1) is 23.5. The Balaban J connectivity index is 1.41. The number of ether oxygens (including phenoxy) is 2. The lowest BCUT2D eigenvalue weighted by molar-refractivity contribution is -0.116. The lowest BCUT2D eigenvalue weighted by Crippen LogP contribution is -2.40. The third-order valence-electron chi connectivity index (χ3n) is 5.67. The van der Waals surface area contributed by atoms with E-state index in [0.29, 0.717) is 23.6 Å². The van der Waals surface area contributed by atoms with Crippen LogP contribution in [0, 0.1) is 11.7 Å². The first-order chi connectivity index (χ1) is 15.5. The molecule has 2 aromatic rings. The molecule has 0 aromatic heterocycles. The van der Waals surface area contributed by atoms with E-state index in [1.165, 1.54) is 18.2 Å². The second-order valence-electron chi connectivity index (χ2n) is 7.72. The monoisotopic (exact) mass is 440 g/mol. The molecule has 1 aliphatic rings. The van der Waals surface area contributed by atoms with Crippen molar-refractivity contribution in [1.82, 2.24) is 10.2 Å². The molecule has 2 aromatic carbocycles. The zero-order valence-electron chi connectivity index (χ0n) is 18.5. The van der Waals surface area contributed by atoms with E-state index in [0.717, 1.165) is 38.0 Å². The van der Waals surface area contributed by atoms with Crippen LogP contribution in [-0.4, -0.2) is 57.0 Å². The molecule has 6 nitrogen and oxygen atoms in total. The van der Waals surface area contributed by atoms with Crippen molar-refractivity contribution in [1.29, 1.82) is 0 Å². The van der Waals surface area contributed by atoms with Gasteiger partial charge >= 0.3 is 0 Å². The number of piperidine rings is 1. The van der Waals surface area contributed by atoms with Gasteiger partial charge in [0.1, 0.15) is 17.3 Å². The number of halogens is 1. The molecule has 0 bridgehead atoms. The summed E-state index contributed by atoms with van der Waals surface area (Å²) < 4.78 is 23.6. The summed E-state index contributed by atoms with van der Waals surface area (Å²) in [4.78, 5) is 27.0. The van der Waals surface area contributed by atoms with E-state index in [4.69, 9.17) is 9.47 Å². The van der Waals surface area contributed by atoms with Crippen LogP contribution in [0.4, 0.5) is 4.39 Å². The van der Waals surface area contributed by atoms with Gasteiger partial charge in [0.2, 0.25) is 5.91 Å². The van der Waals surface area contributed by atoms with Crippen molar-refractivity contribution in [2.24, 2.45) is 5.92 Å². The third-order valence-corrected chi connectivity index (χ3v) is 5.67. The van der Waals surface area contributed by atoms with Gasteiger partial charge < -0.3 is 19.7 Å². The summed E-state index contributed by atoms with van der Waals surface area (Å²) in [5.41, 5.74) is 1.33. The lowest BCUT2D eigenvalue weighted by atomic mass is 9.89. The molecule has 0 atom stereocenters. The number of nitrogens with zero attached hydrogens (tertiary/aromatic N) is 1. The quantitative estimate of drug-likeness (QED) is 0.477. The minimum absolute atomic E-state index is 0.0351. The van der Waals surface area contributed by atoms with E-state index in [2.05, 4.69) is 10.2 Å². The molecule has 1 heterocycles. The highest BCUT2D eigenvalue weighted by molar-refractivity contribution is 5.97. The van der Waals surface area contributed by atoms with Gasteiger partial charge in [0.05, 0.1) is 14.2 Å². The van der Waals surface area contributed by atoms with E-state index in [1.54, 1.807) is 50.6 Å². The highest BCUT2D eigenvalue weighted by atomic mass is 19.1. The van der Waals surface area contributed by atoms with Crippen LogP contribution in [0.2, 0.25) is 0 Å². The second-order valence-corrected chi connectivity index (χ2v) is 7.72. The van der Waals surface area contributed by atoms with Gasteiger partial charge in [0.15, 0.2) is 5.78 Å². The van der Waals surface area contributed by atoms with Crippen molar-refractivity contribution in [3.05, 3.63) is 65.5 Å². The highest BCUT2D eigenvalue weighted by Crippen LogP contribution is 2.25. The van der Waals surface area contributed by atoms with Crippen molar-refractivity contribution >= 4 is 17.8 Å². The molecule has 1 fully saturated rings. The molecule has 0 saturated carbocycles. The van der Waals surface area contributed by atoms with Gasteiger partial charge in [-0.3, -0.25) is 9.59 Å². The summed E-state index contributed by atoms with van der Waals surface area (Å²) in [5.74, 6) is 0.871. The molecule has 32 heavy (non-hydrogen) atoms. The SMILES string of the molecule is COc1ccc(OC)c(/C=C/C(=O)NCCN2CCC(C(=O)c3ccc(F)cc3)CC2)c1. The zero-order chi connectivity index (χ0) is 22.9. The van der Waals surface area contributed by atoms with Crippen LogP contribution in [-0.2, 0) is 4.79 Å². The number of hydrogen-bond acceptors (Lipinski definition) is 5. The Bertz CT molecular complexity index is 951. The van der Waals surface area contributed by atoms with Crippen LogP contribution >= 0.6 is 0 Å². The molecule has 3 rings (SSSR count). The van der Waals surface area contributed by atoms with Crippen molar-refractivity contribution < 1.29 is 23.5 Å². The summed E-state index contributed by atoms with van der Waals surface area (Å²) in [7, 11) is 3.17. The Hall–Kier alpha value is -3.19. The number of ketones is 1. The molecule has 0 unspecified atom stereocenters. The molecular weight excluding hydrogens is 411 g/mol. The molecule has 1 aliphatic heterocycles. The smallest absolute Gasteiger partial charge is 0.244 e. The largest absolute Gasteiger partial charge is 0.497 e. The molecule has 170 valence electrons. The van der Waals surface area contributed by atoms with Crippen molar-refractivity contribution in [2.45, 2.75) is 12.8 Å². The van der Waals surface area contributed by atoms with Gasteiger partial charge in [-0.05, 0) is 74.5 Å². The first-order valence-corrected chi connectivity index (χ1v) is 10.7. The van der Waals surface area contributed by atoms with E-state index in [9.17, 15) is 14.0 Å². The van der Waals surface area contributed by atoms with E-state index in [-0.39, 0.29) is 23.4 Å². The van der Waals surface area contributed by atoms with Crippen LogP contribution in [0.3, 0.4) is 0 Å². The maximum Gasteiger partial charge on any atom is 0.244 e. The fraction of sp³-hybridized carbons (Fsp3) is 0.360. The van der Waals surface area contributed by atoms with Crippen LogP contribution in [0.25, 0.3) is 6.08 Å². The maximum absolute atomic E-state index is 13.1. The Morgan fingerprint density at radius 2 is 1.81 bits per heavy atom. The van der Waals surface area contributed by atoms with Crippen molar-refractivity contribution in [3.8, 4) is 11.5 Å². The number of rotatable bonds is 9. The van der Waals surface area contributed by atoms with Crippen LogP contribution in [0.5, 0.6) is 11.5 Å². The number of Topliss-reactive ketones (excluding diaryl/α,β-unsaturated/α-hetero) is 1. The predicted octanol–water partition coefficient (Wildman–Crippen LogP) is 3.57. The van der Waals surface area contributed by atoms with Crippen molar-refractivity contribution in [2.75, 3.05) is 40.4 Å². The third kappa shape index (κ3) is 6.40. The molecule has 1 N–H and O–H groups in total. The van der Waals surface area contributed by atoms with Crippen LogP contribution < -0.4 is 14.8 Å². The van der Waals surface area contributed by atoms with Crippen LogP contribution in [0.1, 0.15) is 28.8 Å². The van der Waals surface area contributed by atoms with Gasteiger partial charge in [-0.2, -0.15) is 0 Å². The second kappa shape index (κ2) is 11.4. The number of likely N-dealkylation sites (tertiary alicyclic amines) is 1. The first-order valence-electron chi connectivity index (χ1n) is 10.7. The predicted molar refractivity (Wildman–Crippen MR) is 121 cm³/mol. The number of methoxy groups -OCH3 is 2. The molecule has 1 saturated heterocycles. The Kier molecular flexibility index (Phi) is 8.39. The average molecular weight is 441 g/mol. The molecular formula is C25H29FN2O4. The lowest BCUT2D eigenvalue weighted by Gasteiger charge is -2.31. The van der Waals surface area contributed by atoms with Crippen molar-refractivity contribution in [3.63, 3.8) is 0 Å². The van der Waals surface area contributed by atoms with Gasteiger partial charge in [-0.25, -0.2) is 4.39 Å². The van der Waals surface area contributed by atoms with Gasteiger partial charge in [-0.1, -0.05) is 0 Å². The summed E-state index contributed by atoms with van der Waals surface area (Å²) in [6.45, 7) is 2.84. The topological polar surface area (TPSA) is 67.9 Å². The molecule has 0 radical (unpaired) electrons. The summed E-state index contributed by atoms with van der Waals surface area (Å²) in [6.07, 6.45) is 4.70. The molecule has 1 amide bonds. The van der Waals surface area contributed by atoms with Gasteiger partial charge in [0.25, 0.3) is 0 Å². The molecule has 0 spiro atoms. The highest BCUT2D eigenvalue weighted by Gasteiger charge is 2.25. The maximum atomic E-state index is 13.1. The molecule has 7 heteroatoms. The zero-order valence-corrected chi connectivity index (χ0v) is 18.5. The number of benzene rings is 2. The van der Waals surface area contributed by atoms with E-state index >= 15 is 0 Å². The van der Waals surface area contributed by atoms with Crippen LogP contribution in [0.15, 0.2) is 48.5 Å². The Morgan fingerprint density at radius 1 is 1.09 bits per heavy atom. The fourth-order valence-electron chi connectivity index (χ4n) is 3.80. The summed E-state index contributed by atoms with van der Waals surface area (Å²) >= 11 is 0. The normalized spacial score (nSPS) is 15.0. The fourth-order valence-corrected chi connectivity index (χ4v) is 3.80. The number of nitrogens with one attached hydrogen (secondary N) is 1. The number of carbonyl (C=O) groups excluding carboxylic acids is 2. The minimum Gasteiger partial charge on any atom is -0.497 e. The summed E-state index contributed by atoms with van der Waals surface area (Å²) in [5, 5.41) is 2.89. The number of amides is 1. The number of carbonyl (C=O) groups is 2. The summed E-state index contributed by atoms with van der Waals surface area (Å²) in [6, 6.07) is 11.1.